The second-order valence-corrected chi connectivity index (χ2v) is 13.4. The molecular weight excluding hydrogens is 450 g/mol. The number of rotatable bonds is 11. The van der Waals surface area contributed by atoms with Gasteiger partial charge in [-0.25, -0.2) is 4.79 Å². The minimum absolute atomic E-state index is 0.0643. The number of hydrogen-bond acceptors (Lipinski definition) is 5. The van der Waals surface area contributed by atoms with Crippen LogP contribution in [0.2, 0.25) is 0 Å². The fourth-order valence-corrected chi connectivity index (χ4v) is 9.51. The molecule has 1 amide bonds. The fraction of sp³-hybridized carbons (Fsp3) is 0.967. The van der Waals surface area contributed by atoms with E-state index in [4.69, 9.17) is 10.5 Å². The summed E-state index contributed by atoms with van der Waals surface area (Å²) in [4.78, 5) is 12.3. The molecule has 36 heavy (non-hydrogen) atoms. The Morgan fingerprint density at radius 2 is 1.72 bits per heavy atom. The smallest absolute Gasteiger partial charge is 0.407 e. The van der Waals surface area contributed by atoms with Crippen molar-refractivity contribution in [2.45, 2.75) is 104 Å². The van der Waals surface area contributed by atoms with Gasteiger partial charge in [0.1, 0.15) is 0 Å². The average molecular weight is 506 g/mol. The highest BCUT2D eigenvalue weighted by atomic mass is 16.5. The van der Waals surface area contributed by atoms with Gasteiger partial charge in [-0.15, -0.1) is 0 Å². The molecule has 6 nitrogen and oxygen atoms in total. The maximum atomic E-state index is 12.3. The molecule has 208 valence electrons. The van der Waals surface area contributed by atoms with Crippen LogP contribution in [-0.4, -0.2) is 50.1 Å². The monoisotopic (exact) mass is 505 g/mol. The Bertz CT molecular complexity index is 720. The molecule has 0 aromatic carbocycles. The summed E-state index contributed by atoms with van der Waals surface area (Å²) in [6, 6.07) is 0. The van der Waals surface area contributed by atoms with E-state index in [1.54, 1.807) is 0 Å². The number of carbonyl (C=O) groups excluding carboxylic acids is 1. The van der Waals surface area contributed by atoms with Crippen LogP contribution in [0.1, 0.15) is 97.8 Å². The maximum absolute atomic E-state index is 12.3. The summed E-state index contributed by atoms with van der Waals surface area (Å²) >= 11 is 0. The molecule has 4 rings (SSSR count). The lowest BCUT2D eigenvalue weighted by molar-refractivity contribution is -0.130. The molecule has 0 spiro atoms. The first-order chi connectivity index (χ1) is 17.3. The molecule has 0 aromatic rings. The summed E-state index contributed by atoms with van der Waals surface area (Å²) in [6.07, 6.45) is 14.0. The zero-order valence-corrected chi connectivity index (χ0v) is 23.4. The molecule has 4 aliphatic carbocycles. The Kier molecular flexibility index (Phi) is 9.65. The number of carbonyl (C=O) groups is 1. The van der Waals surface area contributed by atoms with Gasteiger partial charge in [0.05, 0.1) is 12.7 Å². The molecule has 0 bridgehead atoms. The molecule has 5 N–H and O–H groups in total. The van der Waals surface area contributed by atoms with E-state index < -0.39 is 0 Å². The van der Waals surface area contributed by atoms with E-state index in [9.17, 15) is 9.90 Å². The number of aliphatic hydroxyl groups excluding tert-OH is 1. The molecule has 4 aliphatic rings. The topological polar surface area (TPSA) is 96.6 Å². The number of aliphatic hydroxyl groups is 1. The lowest BCUT2D eigenvalue weighted by Crippen LogP contribution is -2.54. The first-order valence-corrected chi connectivity index (χ1v) is 15.3. The summed E-state index contributed by atoms with van der Waals surface area (Å²) in [6.45, 7) is 11.3. The Balaban J connectivity index is 1.22. The van der Waals surface area contributed by atoms with E-state index in [0.717, 1.165) is 75.4 Å². The third-order valence-corrected chi connectivity index (χ3v) is 11.5. The van der Waals surface area contributed by atoms with Gasteiger partial charge >= 0.3 is 6.09 Å². The van der Waals surface area contributed by atoms with Crippen LogP contribution in [0.5, 0.6) is 0 Å². The van der Waals surface area contributed by atoms with Crippen molar-refractivity contribution in [2.24, 2.45) is 52.1 Å². The third kappa shape index (κ3) is 5.91. The fourth-order valence-electron chi connectivity index (χ4n) is 9.51. The third-order valence-electron chi connectivity index (χ3n) is 11.5. The number of fused-ring (bicyclic) bond motifs is 5. The molecule has 0 aliphatic heterocycles. The maximum Gasteiger partial charge on any atom is 0.407 e. The van der Waals surface area contributed by atoms with Gasteiger partial charge in [-0.3, -0.25) is 0 Å². The van der Waals surface area contributed by atoms with Gasteiger partial charge in [-0.1, -0.05) is 20.8 Å². The van der Waals surface area contributed by atoms with E-state index in [2.05, 4.69) is 31.4 Å². The van der Waals surface area contributed by atoms with Crippen LogP contribution in [0.4, 0.5) is 4.79 Å². The van der Waals surface area contributed by atoms with Crippen molar-refractivity contribution in [2.75, 3.05) is 32.8 Å². The van der Waals surface area contributed by atoms with Crippen LogP contribution in [0.15, 0.2) is 0 Å². The predicted molar refractivity (Wildman–Crippen MR) is 146 cm³/mol. The van der Waals surface area contributed by atoms with E-state index in [1.807, 2.05) is 0 Å². The molecule has 0 saturated heterocycles. The van der Waals surface area contributed by atoms with Gasteiger partial charge in [0, 0.05) is 6.54 Å². The van der Waals surface area contributed by atoms with Crippen molar-refractivity contribution in [1.82, 2.24) is 10.6 Å². The van der Waals surface area contributed by atoms with Gasteiger partial charge in [0.15, 0.2) is 0 Å². The average Bonchev–Trinajstić information content (AvgIpc) is 3.22. The number of ether oxygens (including phenoxy) is 1. The van der Waals surface area contributed by atoms with Crippen molar-refractivity contribution in [3.05, 3.63) is 0 Å². The number of alkyl carbamates (subject to hydrolysis) is 1. The summed E-state index contributed by atoms with van der Waals surface area (Å²) in [7, 11) is 0. The number of nitrogens with two attached hydrogens (primary N) is 1. The van der Waals surface area contributed by atoms with E-state index in [1.165, 1.54) is 44.9 Å². The van der Waals surface area contributed by atoms with E-state index in [-0.39, 0.29) is 12.2 Å². The summed E-state index contributed by atoms with van der Waals surface area (Å²) in [5.41, 5.74) is 6.33. The van der Waals surface area contributed by atoms with Crippen LogP contribution in [-0.2, 0) is 4.74 Å². The molecule has 0 aromatic heterocycles. The van der Waals surface area contributed by atoms with Crippen LogP contribution in [0, 0.1) is 46.3 Å². The van der Waals surface area contributed by atoms with Crippen LogP contribution in [0.3, 0.4) is 0 Å². The first kappa shape index (κ1) is 28.2. The van der Waals surface area contributed by atoms with Gasteiger partial charge < -0.3 is 26.2 Å². The highest BCUT2D eigenvalue weighted by molar-refractivity contribution is 5.67. The predicted octanol–water partition coefficient (Wildman–Crippen LogP) is 5.09. The van der Waals surface area contributed by atoms with Crippen molar-refractivity contribution >= 4 is 6.09 Å². The summed E-state index contributed by atoms with van der Waals surface area (Å²) < 4.78 is 5.70. The zero-order valence-electron chi connectivity index (χ0n) is 23.4. The van der Waals surface area contributed by atoms with Crippen LogP contribution < -0.4 is 16.4 Å². The standard InChI is InChI=1S/C30H55N3O3/c1-21(20-36-28(35)33-18-6-17-32-16-5-4-15-31)25-9-10-26-24-8-7-22-19-23(34)11-13-29(22,2)27(24)12-14-30(25,26)3/h21-27,32,34H,4-20,31H2,1-3H3,(H,33,35)/t21-,22-,23-,24+,25-,26+,27+,29+,30-/m1/s1. The lowest BCUT2D eigenvalue weighted by Gasteiger charge is -2.61. The number of nitrogens with one attached hydrogen (secondary N) is 2. The molecule has 0 heterocycles. The Morgan fingerprint density at radius 1 is 0.972 bits per heavy atom. The molecule has 0 unspecified atom stereocenters. The van der Waals surface area contributed by atoms with Gasteiger partial charge in [-0.05, 0) is 143 Å². The SMILES string of the molecule is C[C@H](COC(=O)NCCCNCCCCN)[C@H]1CC[C@H]2[C@@H]3CC[C@@H]4C[C@H](O)CC[C@]4(C)[C@H]3CC[C@]12C. The Morgan fingerprint density at radius 3 is 2.53 bits per heavy atom. The molecule has 4 fully saturated rings. The van der Waals surface area contributed by atoms with Gasteiger partial charge in [0.2, 0.25) is 0 Å². The van der Waals surface area contributed by atoms with Gasteiger partial charge in [0.25, 0.3) is 0 Å². The molecule has 0 radical (unpaired) electrons. The highest BCUT2D eigenvalue weighted by Crippen LogP contribution is 2.68. The normalized spacial score (nSPS) is 40.6. The van der Waals surface area contributed by atoms with Crippen LogP contribution >= 0.6 is 0 Å². The van der Waals surface area contributed by atoms with E-state index >= 15 is 0 Å². The van der Waals surface area contributed by atoms with Crippen molar-refractivity contribution in [3.63, 3.8) is 0 Å². The minimum Gasteiger partial charge on any atom is -0.449 e. The van der Waals surface area contributed by atoms with E-state index in [0.29, 0.717) is 35.8 Å². The second kappa shape index (κ2) is 12.3. The highest BCUT2D eigenvalue weighted by Gasteiger charge is 2.60. The molecule has 4 saturated carbocycles. The van der Waals surface area contributed by atoms with Crippen LogP contribution in [0.25, 0.3) is 0 Å². The first-order valence-electron chi connectivity index (χ1n) is 15.3. The number of hydrogen-bond donors (Lipinski definition) is 4. The largest absolute Gasteiger partial charge is 0.449 e. The van der Waals surface area contributed by atoms with Gasteiger partial charge in [-0.2, -0.15) is 0 Å². The molecule has 9 atom stereocenters. The Hall–Kier alpha value is -0.850. The summed E-state index contributed by atoms with van der Waals surface area (Å²) in [5, 5.41) is 16.6. The lowest BCUT2D eigenvalue weighted by atomic mass is 9.44. The van der Waals surface area contributed by atoms with Crippen molar-refractivity contribution < 1.29 is 14.6 Å². The number of unbranched alkanes of at least 4 members (excludes halogenated alkanes) is 1. The molecular formula is C30H55N3O3. The number of amides is 1. The molecule has 6 heteroatoms. The summed E-state index contributed by atoms with van der Waals surface area (Å²) in [5.74, 6) is 4.29. The quantitative estimate of drug-likeness (QED) is 0.293. The van der Waals surface area contributed by atoms with Crippen molar-refractivity contribution in [1.29, 1.82) is 0 Å². The second-order valence-electron chi connectivity index (χ2n) is 13.4. The van der Waals surface area contributed by atoms with Crippen molar-refractivity contribution in [3.8, 4) is 0 Å². The zero-order chi connectivity index (χ0) is 25.8. The minimum atomic E-state index is -0.265. The Labute approximate surface area is 220 Å².